The van der Waals surface area contributed by atoms with Gasteiger partial charge in [-0.05, 0) is 48.7 Å². The van der Waals surface area contributed by atoms with E-state index in [1.54, 1.807) is 12.1 Å². The quantitative estimate of drug-likeness (QED) is 0.631. The molecule has 0 aliphatic carbocycles. The Bertz CT molecular complexity index is 736. The smallest absolute Gasteiger partial charge is 0.277 e. The lowest BCUT2D eigenvalue weighted by atomic mass is 10.1. The molecule has 24 heavy (non-hydrogen) atoms. The van der Waals surface area contributed by atoms with E-state index in [0.29, 0.717) is 17.1 Å². The highest BCUT2D eigenvalue weighted by Crippen LogP contribution is 2.25. The Morgan fingerprint density at radius 1 is 1.25 bits per heavy atom. The molecule has 0 aliphatic rings. The Labute approximate surface area is 140 Å². The van der Waals surface area contributed by atoms with Crippen LogP contribution in [-0.2, 0) is 4.79 Å². The predicted octanol–water partition coefficient (Wildman–Crippen LogP) is 2.55. The molecule has 0 radical (unpaired) electrons. The number of carbonyl (C=O) groups is 1. The van der Waals surface area contributed by atoms with E-state index in [0.717, 1.165) is 11.1 Å². The summed E-state index contributed by atoms with van der Waals surface area (Å²) in [5.41, 5.74) is 5.02. The minimum atomic E-state index is -0.361. The number of ether oxygens (including phenoxy) is 2. The summed E-state index contributed by atoms with van der Waals surface area (Å²) in [5, 5.41) is 13.4. The summed E-state index contributed by atoms with van der Waals surface area (Å²) < 4.78 is 10.5. The summed E-state index contributed by atoms with van der Waals surface area (Å²) in [7, 11) is 1.46. The lowest BCUT2D eigenvalue weighted by molar-refractivity contribution is -0.123. The predicted molar refractivity (Wildman–Crippen MR) is 91.8 cm³/mol. The van der Waals surface area contributed by atoms with Crippen molar-refractivity contribution in [3.8, 4) is 17.2 Å². The summed E-state index contributed by atoms with van der Waals surface area (Å²) >= 11 is 0. The molecule has 0 atom stereocenters. The zero-order chi connectivity index (χ0) is 17.5. The highest BCUT2D eigenvalue weighted by Gasteiger charge is 2.06. The third-order valence-electron chi connectivity index (χ3n) is 3.36. The standard InChI is InChI=1S/C18H20N2O4/c1-12-5-4-6-13(2)18(12)24-11-17(22)20-19-10-14-7-8-15(21)16(9-14)23-3/h4-10,21H,11H2,1-3H3,(H,20,22)/b19-10-. The zero-order valence-corrected chi connectivity index (χ0v) is 13.9. The summed E-state index contributed by atoms with van der Waals surface area (Å²) in [6, 6.07) is 10.5. The molecule has 0 unspecified atom stereocenters. The monoisotopic (exact) mass is 328 g/mol. The van der Waals surface area contributed by atoms with Crippen molar-refractivity contribution < 1.29 is 19.4 Å². The minimum Gasteiger partial charge on any atom is -0.504 e. The number of phenolic OH excluding ortho intramolecular Hbond substituents is 1. The van der Waals surface area contributed by atoms with Gasteiger partial charge in [-0.1, -0.05) is 18.2 Å². The molecule has 0 saturated carbocycles. The number of aromatic hydroxyl groups is 1. The van der Waals surface area contributed by atoms with Crippen LogP contribution in [0.15, 0.2) is 41.5 Å². The van der Waals surface area contributed by atoms with Crippen LogP contribution < -0.4 is 14.9 Å². The number of hydrogen-bond acceptors (Lipinski definition) is 5. The van der Waals surface area contributed by atoms with Crippen molar-refractivity contribution in [2.75, 3.05) is 13.7 Å². The normalized spacial score (nSPS) is 10.6. The molecule has 2 rings (SSSR count). The molecule has 0 saturated heterocycles. The average Bonchev–Trinajstić information content (AvgIpc) is 2.56. The Balaban J connectivity index is 1.89. The average molecular weight is 328 g/mol. The van der Waals surface area contributed by atoms with Gasteiger partial charge in [-0.15, -0.1) is 0 Å². The Morgan fingerprint density at radius 3 is 2.62 bits per heavy atom. The van der Waals surface area contributed by atoms with Gasteiger partial charge in [-0.2, -0.15) is 5.10 Å². The second-order valence-electron chi connectivity index (χ2n) is 5.23. The Hall–Kier alpha value is -3.02. The number of benzene rings is 2. The van der Waals surface area contributed by atoms with Crippen LogP contribution in [0, 0.1) is 13.8 Å². The molecule has 0 aliphatic heterocycles. The topological polar surface area (TPSA) is 80.2 Å². The van der Waals surface area contributed by atoms with E-state index < -0.39 is 0 Å². The second kappa shape index (κ2) is 8.01. The Morgan fingerprint density at radius 2 is 1.96 bits per heavy atom. The molecule has 0 fully saturated rings. The molecule has 0 bridgehead atoms. The van der Waals surface area contributed by atoms with Crippen LogP contribution in [0.5, 0.6) is 17.2 Å². The summed E-state index contributed by atoms with van der Waals surface area (Å²) in [5.74, 6) is 0.726. The van der Waals surface area contributed by atoms with Crippen molar-refractivity contribution >= 4 is 12.1 Å². The van der Waals surface area contributed by atoms with E-state index in [-0.39, 0.29) is 18.3 Å². The number of nitrogens with one attached hydrogen (secondary N) is 1. The summed E-state index contributed by atoms with van der Waals surface area (Å²) in [6.07, 6.45) is 1.46. The Kier molecular flexibility index (Phi) is 5.78. The molecule has 1 amide bonds. The fourth-order valence-electron chi connectivity index (χ4n) is 2.15. The number of hydrazone groups is 1. The van der Waals surface area contributed by atoms with E-state index in [1.807, 2.05) is 32.0 Å². The van der Waals surface area contributed by atoms with Gasteiger partial charge in [0.1, 0.15) is 5.75 Å². The fraction of sp³-hybridized carbons (Fsp3) is 0.222. The van der Waals surface area contributed by atoms with Gasteiger partial charge >= 0.3 is 0 Å². The van der Waals surface area contributed by atoms with Gasteiger partial charge in [-0.25, -0.2) is 5.43 Å². The van der Waals surface area contributed by atoms with E-state index >= 15 is 0 Å². The third-order valence-corrected chi connectivity index (χ3v) is 3.36. The van der Waals surface area contributed by atoms with Gasteiger partial charge in [-0.3, -0.25) is 4.79 Å². The molecule has 0 aromatic heterocycles. The molecule has 0 spiro atoms. The SMILES string of the molecule is COc1cc(/C=N\NC(=O)COc2c(C)cccc2C)ccc1O. The first-order valence-electron chi connectivity index (χ1n) is 7.39. The summed E-state index contributed by atoms with van der Waals surface area (Å²) in [4.78, 5) is 11.8. The van der Waals surface area contributed by atoms with E-state index in [2.05, 4.69) is 10.5 Å². The molecular formula is C18H20N2O4. The molecule has 2 aromatic rings. The molecular weight excluding hydrogens is 308 g/mol. The first kappa shape index (κ1) is 17.3. The molecule has 126 valence electrons. The third kappa shape index (κ3) is 4.49. The van der Waals surface area contributed by atoms with E-state index in [1.165, 1.54) is 19.4 Å². The van der Waals surface area contributed by atoms with Crippen LogP contribution in [0.4, 0.5) is 0 Å². The molecule has 6 heteroatoms. The lowest BCUT2D eigenvalue weighted by Gasteiger charge is -2.10. The zero-order valence-electron chi connectivity index (χ0n) is 13.9. The van der Waals surface area contributed by atoms with Gasteiger partial charge in [0.2, 0.25) is 0 Å². The van der Waals surface area contributed by atoms with Gasteiger partial charge in [0, 0.05) is 0 Å². The van der Waals surface area contributed by atoms with Crippen LogP contribution in [-0.4, -0.2) is 30.9 Å². The van der Waals surface area contributed by atoms with Crippen molar-refractivity contribution in [3.05, 3.63) is 53.1 Å². The van der Waals surface area contributed by atoms with Crippen molar-refractivity contribution in [1.82, 2.24) is 5.43 Å². The molecule has 6 nitrogen and oxygen atoms in total. The maximum atomic E-state index is 11.8. The van der Waals surface area contributed by atoms with Crippen LogP contribution in [0.2, 0.25) is 0 Å². The van der Waals surface area contributed by atoms with E-state index in [9.17, 15) is 9.90 Å². The number of amides is 1. The highest BCUT2D eigenvalue weighted by atomic mass is 16.5. The summed E-state index contributed by atoms with van der Waals surface area (Å²) in [6.45, 7) is 3.73. The van der Waals surface area contributed by atoms with Crippen molar-refractivity contribution in [3.63, 3.8) is 0 Å². The number of nitrogens with zero attached hydrogens (tertiary/aromatic N) is 1. The molecule has 0 heterocycles. The van der Waals surface area contributed by atoms with Crippen LogP contribution in [0.1, 0.15) is 16.7 Å². The minimum absolute atomic E-state index is 0.0423. The molecule has 2 N–H and O–H groups in total. The van der Waals surface area contributed by atoms with Crippen LogP contribution in [0.25, 0.3) is 0 Å². The maximum absolute atomic E-state index is 11.8. The highest BCUT2D eigenvalue weighted by molar-refractivity contribution is 5.83. The number of phenols is 1. The van der Waals surface area contributed by atoms with Gasteiger partial charge in [0.15, 0.2) is 18.1 Å². The number of hydrogen-bond donors (Lipinski definition) is 2. The van der Waals surface area contributed by atoms with Crippen molar-refractivity contribution in [2.45, 2.75) is 13.8 Å². The van der Waals surface area contributed by atoms with E-state index in [4.69, 9.17) is 9.47 Å². The number of aryl methyl sites for hydroxylation is 2. The van der Waals surface area contributed by atoms with Gasteiger partial charge in [0.25, 0.3) is 5.91 Å². The number of carbonyl (C=O) groups excluding carboxylic acids is 1. The first-order valence-corrected chi connectivity index (χ1v) is 7.39. The van der Waals surface area contributed by atoms with Crippen LogP contribution in [0.3, 0.4) is 0 Å². The number of para-hydroxylation sites is 1. The van der Waals surface area contributed by atoms with Gasteiger partial charge < -0.3 is 14.6 Å². The van der Waals surface area contributed by atoms with Crippen molar-refractivity contribution in [2.24, 2.45) is 5.10 Å². The number of rotatable bonds is 6. The number of methoxy groups -OCH3 is 1. The van der Waals surface area contributed by atoms with Crippen LogP contribution >= 0.6 is 0 Å². The lowest BCUT2D eigenvalue weighted by Crippen LogP contribution is -2.25. The largest absolute Gasteiger partial charge is 0.504 e. The van der Waals surface area contributed by atoms with Gasteiger partial charge in [0.05, 0.1) is 13.3 Å². The van der Waals surface area contributed by atoms with Crippen molar-refractivity contribution in [1.29, 1.82) is 0 Å². The second-order valence-corrected chi connectivity index (χ2v) is 5.23. The first-order chi connectivity index (χ1) is 11.5. The maximum Gasteiger partial charge on any atom is 0.277 e. The molecule has 2 aromatic carbocycles. The fourth-order valence-corrected chi connectivity index (χ4v) is 2.15.